The minimum atomic E-state index is 0.656. The van der Waals surface area contributed by atoms with Crippen LogP contribution in [0.2, 0.25) is 0 Å². The second-order valence-corrected chi connectivity index (χ2v) is 6.22. The number of thiazole rings is 1. The summed E-state index contributed by atoms with van der Waals surface area (Å²) in [5, 5.41) is 1.34. The number of benzene rings is 1. The Labute approximate surface area is 106 Å². The van der Waals surface area contributed by atoms with Crippen molar-refractivity contribution >= 4 is 21.6 Å². The molecule has 0 aliphatic carbocycles. The van der Waals surface area contributed by atoms with Crippen LogP contribution in [0.3, 0.4) is 0 Å². The maximum Gasteiger partial charge on any atom is 0.0973 e. The van der Waals surface area contributed by atoms with Gasteiger partial charge in [-0.25, -0.2) is 4.98 Å². The first-order valence-corrected chi connectivity index (χ1v) is 7.09. The molecule has 2 aromatic rings. The molecule has 1 aliphatic rings. The molecule has 1 aromatic heterocycles. The van der Waals surface area contributed by atoms with Crippen molar-refractivity contribution in [3.8, 4) is 0 Å². The predicted octanol–water partition coefficient (Wildman–Crippen LogP) is 3.35. The number of rotatable bonds is 1. The van der Waals surface area contributed by atoms with Gasteiger partial charge in [0.25, 0.3) is 0 Å². The Morgan fingerprint density at radius 2 is 2.18 bits per heavy atom. The molecule has 0 amide bonds. The van der Waals surface area contributed by atoms with Crippen molar-refractivity contribution < 1.29 is 0 Å². The van der Waals surface area contributed by atoms with Gasteiger partial charge in [-0.1, -0.05) is 19.1 Å². The summed E-state index contributed by atoms with van der Waals surface area (Å²) in [7, 11) is 2.21. The van der Waals surface area contributed by atoms with E-state index < -0.39 is 0 Å². The van der Waals surface area contributed by atoms with E-state index in [4.69, 9.17) is 4.98 Å². The Balaban J connectivity index is 1.93. The van der Waals surface area contributed by atoms with E-state index in [0.29, 0.717) is 11.8 Å². The highest BCUT2D eigenvalue weighted by Gasteiger charge is 2.27. The van der Waals surface area contributed by atoms with Crippen LogP contribution in [0.5, 0.6) is 0 Å². The van der Waals surface area contributed by atoms with E-state index in [2.05, 4.69) is 43.1 Å². The first-order chi connectivity index (χ1) is 8.24. The van der Waals surface area contributed by atoms with E-state index in [-0.39, 0.29) is 0 Å². The molecule has 1 aliphatic heterocycles. The second kappa shape index (κ2) is 4.39. The monoisotopic (exact) mass is 246 g/mol. The summed E-state index contributed by atoms with van der Waals surface area (Å²) in [5.41, 5.74) is 1.17. The number of nitrogens with zero attached hydrogens (tertiary/aromatic N) is 2. The summed E-state index contributed by atoms with van der Waals surface area (Å²) < 4.78 is 1.33. The molecule has 17 heavy (non-hydrogen) atoms. The minimum Gasteiger partial charge on any atom is -0.306 e. The van der Waals surface area contributed by atoms with Crippen molar-refractivity contribution in [1.29, 1.82) is 0 Å². The van der Waals surface area contributed by atoms with E-state index in [1.54, 1.807) is 0 Å². The Morgan fingerprint density at radius 1 is 1.35 bits per heavy atom. The Kier molecular flexibility index (Phi) is 2.89. The van der Waals surface area contributed by atoms with Crippen LogP contribution in [0, 0.1) is 5.92 Å². The first kappa shape index (κ1) is 11.2. The van der Waals surface area contributed by atoms with Gasteiger partial charge < -0.3 is 4.90 Å². The van der Waals surface area contributed by atoms with E-state index in [9.17, 15) is 0 Å². The van der Waals surface area contributed by atoms with Gasteiger partial charge >= 0.3 is 0 Å². The third-order valence-corrected chi connectivity index (χ3v) is 4.90. The van der Waals surface area contributed by atoms with Gasteiger partial charge in [0.2, 0.25) is 0 Å². The summed E-state index contributed by atoms with van der Waals surface area (Å²) in [5.74, 6) is 1.37. The molecular weight excluding hydrogens is 228 g/mol. The Morgan fingerprint density at radius 3 is 2.94 bits per heavy atom. The van der Waals surface area contributed by atoms with Crippen molar-refractivity contribution in [2.24, 2.45) is 5.92 Å². The average molecular weight is 246 g/mol. The van der Waals surface area contributed by atoms with Gasteiger partial charge in [-0.15, -0.1) is 11.3 Å². The molecule has 0 unspecified atom stereocenters. The molecule has 1 saturated heterocycles. The number of hydrogen-bond acceptors (Lipinski definition) is 3. The van der Waals surface area contributed by atoms with Crippen LogP contribution in [0.4, 0.5) is 0 Å². The molecule has 2 heterocycles. The topological polar surface area (TPSA) is 16.1 Å². The summed E-state index contributed by atoms with van der Waals surface area (Å²) in [6, 6.07) is 8.47. The van der Waals surface area contributed by atoms with Crippen LogP contribution in [-0.4, -0.2) is 30.0 Å². The molecule has 1 aromatic carbocycles. The van der Waals surface area contributed by atoms with Crippen molar-refractivity contribution in [2.45, 2.75) is 19.3 Å². The Bertz CT molecular complexity index is 487. The number of hydrogen-bond donors (Lipinski definition) is 0. The van der Waals surface area contributed by atoms with E-state index in [1.165, 1.54) is 34.7 Å². The zero-order valence-electron chi connectivity index (χ0n) is 10.4. The van der Waals surface area contributed by atoms with Crippen molar-refractivity contribution in [3.63, 3.8) is 0 Å². The quantitative estimate of drug-likeness (QED) is 0.767. The maximum absolute atomic E-state index is 4.81. The average Bonchev–Trinajstić information content (AvgIpc) is 2.72. The van der Waals surface area contributed by atoms with Gasteiger partial charge in [-0.3, -0.25) is 0 Å². The molecule has 90 valence electrons. The van der Waals surface area contributed by atoms with Crippen LogP contribution in [0.15, 0.2) is 24.3 Å². The number of piperidine rings is 1. The van der Waals surface area contributed by atoms with Crippen molar-refractivity contribution in [1.82, 2.24) is 9.88 Å². The molecule has 0 N–H and O–H groups in total. The summed E-state index contributed by atoms with van der Waals surface area (Å²) in [6.45, 7) is 4.75. The lowest BCUT2D eigenvalue weighted by atomic mass is 9.88. The van der Waals surface area contributed by atoms with Gasteiger partial charge in [0.15, 0.2) is 0 Å². The molecule has 0 radical (unpaired) electrons. The molecule has 3 heteroatoms. The zero-order valence-corrected chi connectivity index (χ0v) is 11.2. The van der Waals surface area contributed by atoms with Crippen molar-refractivity contribution in [3.05, 3.63) is 29.3 Å². The fourth-order valence-corrected chi connectivity index (χ4v) is 4.01. The van der Waals surface area contributed by atoms with Gasteiger partial charge in [0.05, 0.1) is 15.2 Å². The standard InChI is InChI=1S/C14H18N2S/c1-10-9-16(2)8-7-11(10)14-15-12-5-3-4-6-13(12)17-14/h3-6,10-11H,7-9H2,1-2H3/t10-,11+/m1/s1. The molecule has 1 fully saturated rings. The SMILES string of the molecule is C[C@@H]1CN(C)CC[C@@H]1c1nc2ccccc2s1. The summed E-state index contributed by atoms with van der Waals surface area (Å²) in [6.07, 6.45) is 1.25. The van der Waals surface area contributed by atoms with Crippen LogP contribution in [0.1, 0.15) is 24.3 Å². The first-order valence-electron chi connectivity index (χ1n) is 6.28. The predicted molar refractivity (Wildman–Crippen MR) is 73.6 cm³/mol. The van der Waals surface area contributed by atoms with Gasteiger partial charge in [-0.05, 0) is 38.1 Å². The summed E-state index contributed by atoms with van der Waals surface area (Å²) >= 11 is 1.88. The largest absolute Gasteiger partial charge is 0.306 e. The van der Waals surface area contributed by atoms with E-state index >= 15 is 0 Å². The molecule has 0 saturated carbocycles. The molecule has 2 atom stereocenters. The van der Waals surface area contributed by atoms with Crippen LogP contribution in [-0.2, 0) is 0 Å². The number of aromatic nitrogens is 1. The fraction of sp³-hybridized carbons (Fsp3) is 0.500. The molecular formula is C14H18N2S. The van der Waals surface area contributed by atoms with Crippen LogP contribution < -0.4 is 0 Å². The van der Waals surface area contributed by atoms with Gasteiger partial charge in [0, 0.05) is 12.5 Å². The zero-order chi connectivity index (χ0) is 11.8. The lowest BCUT2D eigenvalue weighted by Gasteiger charge is -2.33. The Hall–Kier alpha value is -0.930. The van der Waals surface area contributed by atoms with E-state index in [0.717, 1.165) is 0 Å². The lowest BCUT2D eigenvalue weighted by molar-refractivity contribution is 0.195. The highest BCUT2D eigenvalue weighted by molar-refractivity contribution is 7.18. The van der Waals surface area contributed by atoms with Crippen LogP contribution >= 0.6 is 11.3 Å². The highest BCUT2D eigenvalue weighted by atomic mass is 32.1. The number of likely N-dealkylation sites (tertiary alicyclic amines) is 1. The van der Waals surface area contributed by atoms with Crippen LogP contribution in [0.25, 0.3) is 10.2 Å². The molecule has 0 spiro atoms. The third kappa shape index (κ3) is 2.09. The lowest BCUT2D eigenvalue weighted by Crippen LogP contribution is -2.35. The highest BCUT2D eigenvalue weighted by Crippen LogP contribution is 2.36. The van der Waals surface area contributed by atoms with Gasteiger partial charge in [-0.2, -0.15) is 0 Å². The minimum absolute atomic E-state index is 0.656. The summed E-state index contributed by atoms with van der Waals surface area (Å²) in [4.78, 5) is 7.24. The third-order valence-electron chi connectivity index (χ3n) is 3.74. The van der Waals surface area contributed by atoms with E-state index in [1.807, 2.05) is 11.3 Å². The molecule has 3 rings (SSSR count). The normalized spacial score (nSPS) is 26.5. The number of para-hydroxylation sites is 1. The molecule has 2 nitrogen and oxygen atoms in total. The molecule has 0 bridgehead atoms. The smallest absolute Gasteiger partial charge is 0.0973 e. The number of fused-ring (bicyclic) bond motifs is 1. The van der Waals surface area contributed by atoms with Crippen molar-refractivity contribution in [2.75, 3.05) is 20.1 Å². The maximum atomic E-state index is 4.81. The second-order valence-electron chi connectivity index (χ2n) is 5.15. The van der Waals surface area contributed by atoms with Gasteiger partial charge in [0.1, 0.15) is 0 Å². The fourth-order valence-electron chi connectivity index (χ4n) is 2.77.